The van der Waals surface area contributed by atoms with E-state index >= 15 is 0 Å². The number of fused-ring (bicyclic) bond motifs is 2. The van der Waals surface area contributed by atoms with Gasteiger partial charge in [0.1, 0.15) is 0 Å². The second kappa shape index (κ2) is 6.54. The quantitative estimate of drug-likeness (QED) is 0.372. The molecular formula is C21H16ClN3. The van der Waals surface area contributed by atoms with Gasteiger partial charge in [-0.1, -0.05) is 54.1 Å². The van der Waals surface area contributed by atoms with Crippen molar-refractivity contribution in [3.8, 4) is 0 Å². The van der Waals surface area contributed by atoms with Crippen LogP contribution in [0, 0.1) is 0 Å². The molecule has 0 radical (unpaired) electrons. The lowest BCUT2D eigenvalue weighted by Crippen LogP contribution is -2.01. The Hall–Kier alpha value is -2.91. The van der Waals surface area contributed by atoms with E-state index in [2.05, 4.69) is 45.8 Å². The molecule has 1 aromatic heterocycles. The summed E-state index contributed by atoms with van der Waals surface area (Å²) in [5.41, 5.74) is 6.97. The van der Waals surface area contributed by atoms with Gasteiger partial charge in [-0.3, -0.25) is 10.4 Å². The summed E-state index contributed by atoms with van der Waals surface area (Å²) in [7, 11) is 0. The topological polar surface area (TPSA) is 37.3 Å². The Morgan fingerprint density at radius 1 is 0.960 bits per heavy atom. The van der Waals surface area contributed by atoms with Crippen LogP contribution in [0.5, 0.6) is 0 Å². The van der Waals surface area contributed by atoms with E-state index in [1.54, 1.807) is 6.20 Å². The zero-order valence-electron chi connectivity index (χ0n) is 13.7. The van der Waals surface area contributed by atoms with Crippen molar-refractivity contribution in [2.75, 3.05) is 5.43 Å². The van der Waals surface area contributed by atoms with Gasteiger partial charge >= 0.3 is 0 Å². The predicted octanol–water partition coefficient (Wildman–Crippen LogP) is 5.88. The van der Waals surface area contributed by atoms with Crippen LogP contribution in [0.3, 0.4) is 0 Å². The molecule has 0 saturated carbocycles. The molecule has 1 N–H and O–H groups in total. The van der Waals surface area contributed by atoms with E-state index in [4.69, 9.17) is 11.6 Å². The van der Waals surface area contributed by atoms with Gasteiger partial charge in [0.05, 0.1) is 16.9 Å². The number of hydrogen-bond acceptors (Lipinski definition) is 3. The number of halogens is 1. The van der Waals surface area contributed by atoms with Crippen LogP contribution in [0.15, 0.2) is 78.0 Å². The number of anilines is 1. The number of rotatable bonds is 3. The van der Waals surface area contributed by atoms with E-state index < -0.39 is 0 Å². The van der Waals surface area contributed by atoms with Gasteiger partial charge in [0.2, 0.25) is 0 Å². The van der Waals surface area contributed by atoms with Crippen molar-refractivity contribution in [2.45, 2.75) is 6.92 Å². The maximum atomic E-state index is 6.05. The predicted molar refractivity (Wildman–Crippen MR) is 107 cm³/mol. The Bertz CT molecular complexity index is 1100. The minimum absolute atomic E-state index is 0.674. The first-order valence-corrected chi connectivity index (χ1v) is 8.43. The second-order valence-corrected chi connectivity index (χ2v) is 6.29. The van der Waals surface area contributed by atoms with Crippen LogP contribution in [0.1, 0.15) is 12.5 Å². The van der Waals surface area contributed by atoms with Crippen LogP contribution < -0.4 is 5.43 Å². The average molecular weight is 346 g/mol. The second-order valence-electron chi connectivity index (χ2n) is 5.86. The largest absolute Gasteiger partial charge is 0.277 e. The summed E-state index contributed by atoms with van der Waals surface area (Å²) in [6.07, 6.45) is 1.75. The number of nitrogens with one attached hydrogen (secondary N) is 1. The van der Waals surface area contributed by atoms with Crippen molar-refractivity contribution < 1.29 is 0 Å². The van der Waals surface area contributed by atoms with Gasteiger partial charge < -0.3 is 0 Å². The SMILES string of the molecule is C/C(=N\Nc1ccnc2cc(Cl)ccc12)c1cccc2ccccc12. The average Bonchev–Trinajstić information content (AvgIpc) is 2.65. The molecule has 4 rings (SSSR count). The van der Waals surface area contributed by atoms with Crippen LogP contribution in [0.25, 0.3) is 21.7 Å². The van der Waals surface area contributed by atoms with Crippen LogP contribution in [0.4, 0.5) is 5.69 Å². The van der Waals surface area contributed by atoms with E-state index in [1.807, 2.05) is 43.3 Å². The Morgan fingerprint density at radius 2 is 1.80 bits per heavy atom. The van der Waals surface area contributed by atoms with Crippen LogP contribution in [-0.4, -0.2) is 10.7 Å². The van der Waals surface area contributed by atoms with Gasteiger partial charge in [-0.25, -0.2) is 0 Å². The molecule has 3 aromatic carbocycles. The third-order valence-corrected chi connectivity index (χ3v) is 4.46. The molecule has 0 spiro atoms. The van der Waals surface area contributed by atoms with E-state index in [-0.39, 0.29) is 0 Å². The van der Waals surface area contributed by atoms with Gasteiger partial charge in [0.15, 0.2) is 0 Å². The molecule has 122 valence electrons. The summed E-state index contributed by atoms with van der Waals surface area (Å²) in [5.74, 6) is 0. The highest BCUT2D eigenvalue weighted by molar-refractivity contribution is 6.31. The van der Waals surface area contributed by atoms with Crippen molar-refractivity contribution in [2.24, 2.45) is 5.10 Å². The lowest BCUT2D eigenvalue weighted by Gasteiger charge is -2.09. The fraction of sp³-hybridized carbons (Fsp3) is 0.0476. The van der Waals surface area contributed by atoms with E-state index in [9.17, 15) is 0 Å². The summed E-state index contributed by atoms with van der Waals surface area (Å²) < 4.78 is 0. The van der Waals surface area contributed by atoms with Gasteiger partial charge in [0, 0.05) is 22.2 Å². The molecule has 0 aliphatic carbocycles. The van der Waals surface area contributed by atoms with Crippen LogP contribution in [0.2, 0.25) is 5.02 Å². The van der Waals surface area contributed by atoms with Crippen molar-refractivity contribution in [1.29, 1.82) is 0 Å². The van der Waals surface area contributed by atoms with Crippen molar-refractivity contribution in [3.05, 3.63) is 83.5 Å². The van der Waals surface area contributed by atoms with E-state index in [0.29, 0.717) is 5.02 Å². The molecular weight excluding hydrogens is 330 g/mol. The Morgan fingerprint density at radius 3 is 2.72 bits per heavy atom. The van der Waals surface area contributed by atoms with Crippen molar-refractivity contribution >= 4 is 44.7 Å². The molecule has 0 unspecified atom stereocenters. The number of pyridine rings is 1. The summed E-state index contributed by atoms with van der Waals surface area (Å²) >= 11 is 6.05. The number of nitrogens with zero attached hydrogens (tertiary/aromatic N) is 2. The third kappa shape index (κ3) is 3.06. The molecule has 25 heavy (non-hydrogen) atoms. The van der Waals surface area contributed by atoms with Gasteiger partial charge in [-0.2, -0.15) is 5.10 Å². The number of hydrogen-bond donors (Lipinski definition) is 1. The monoisotopic (exact) mass is 345 g/mol. The lowest BCUT2D eigenvalue weighted by atomic mass is 10.0. The maximum Gasteiger partial charge on any atom is 0.0738 e. The molecule has 0 amide bonds. The molecule has 0 saturated heterocycles. The Balaban J connectivity index is 1.72. The first-order valence-electron chi connectivity index (χ1n) is 8.05. The number of hydrazone groups is 1. The smallest absolute Gasteiger partial charge is 0.0738 e. The van der Waals surface area contributed by atoms with Gasteiger partial charge in [0.25, 0.3) is 0 Å². The number of benzene rings is 3. The summed E-state index contributed by atoms with van der Waals surface area (Å²) in [5, 5.41) is 8.66. The molecule has 0 fully saturated rings. The molecule has 4 aromatic rings. The molecule has 1 heterocycles. The standard InChI is InChI=1S/C21H16ClN3/c1-14(17-8-4-6-15-5-2-3-7-18(15)17)24-25-20-11-12-23-21-13-16(22)9-10-19(20)21/h2-13H,1H3,(H,23,25)/b24-14+. The van der Waals surface area contributed by atoms with E-state index in [0.717, 1.165) is 27.9 Å². The molecule has 4 heteroatoms. The first kappa shape index (κ1) is 15.6. The summed E-state index contributed by atoms with van der Waals surface area (Å²) in [6, 6.07) is 22.2. The normalized spacial score (nSPS) is 11.8. The minimum atomic E-state index is 0.674. The fourth-order valence-electron chi connectivity index (χ4n) is 2.96. The molecule has 0 aliphatic rings. The Kier molecular flexibility index (Phi) is 4.08. The summed E-state index contributed by atoms with van der Waals surface area (Å²) in [4.78, 5) is 4.36. The third-order valence-electron chi connectivity index (χ3n) is 4.23. The first-order chi connectivity index (χ1) is 12.2. The molecule has 0 aliphatic heterocycles. The molecule has 0 atom stereocenters. The lowest BCUT2D eigenvalue weighted by molar-refractivity contribution is 1.31. The van der Waals surface area contributed by atoms with Crippen LogP contribution >= 0.6 is 11.6 Å². The van der Waals surface area contributed by atoms with Gasteiger partial charge in [-0.05, 0) is 42.0 Å². The molecule has 0 bridgehead atoms. The van der Waals surface area contributed by atoms with E-state index in [1.165, 1.54) is 10.8 Å². The van der Waals surface area contributed by atoms with Crippen molar-refractivity contribution in [3.63, 3.8) is 0 Å². The highest BCUT2D eigenvalue weighted by Gasteiger charge is 2.05. The number of aromatic nitrogens is 1. The highest BCUT2D eigenvalue weighted by atomic mass is 35.5. The molecule has 3 nitrogen and oxygen atoms in total. The Labute approximate surface area is 151 Å². The highest BCUT2D eigenvalue weighted by Crippen LogP contribution is 2.25. The maximum absolute atomic E-state index is 6.05. The summed E-state index contributed by atoms with van der Waals surface area (Å²) in [6.45, 7) is 2.01. The zero-order chi connectivity index (χ0) is 17.2. The zero-order valence-corrected chi connectivity index (χ0v) is 14.5. The van der Waals surface area contributed by atoms with Crippen LogP contribution in [-0.2, 0) is 0 Å². The van der Waals surface area contributed by atoms with Gasteiger partial charge in [-0.15, -0.1) is 0 Å². The fourth-order valence-corrected chi connectivity index (χ4v) is 3.13. The van der Waals surface area contributed by atoms with Crippen molar-refractivity contribution in [1.82, 2.24) is 4.98 Å². The minimum Gasteiger partial charge on any atom is -0.277 e.